The number of halogens is 2. The van der Waals surface area contributed by atoms with E-state index in [-0.39, 0.29) is 10.9 Å². The molecule has 36 heavy (non-hydrogen) atoms. The van der Waals surface area contributed by atoms with Gasteiger partial charge in [0.15, 0.2) is 17.8 Å². The zero-order valence-corrected chi connectivity index (χ0v) is 21.8. The Hall–Kier alpha value is -1.67. The topological polar surface area (TPSA) is 209 Å². The third kappa shape index (κ3) is 7.67. The third-order valence-corrected chi connectivity index (χ3v) is 8.72. The summed E-state index contributed by atoms with van der Waals surface area (Å²) in [5.41, 5.74) is 0.957. The minimum atomic E-state index is -4.85. The number of nitrogens with one attached hydrogen (secondary N) is 1. The van der Waals surface area contributed by atoms with Crippen molar-refractivity contribution in [1.82, 2.24) is 19.7 Å². The predicted molar refractivity (Wildman–Crippen MR) is 130 cm³/mol. The van der Waals surface area contributed by atoms with Gasteiger partial charge in [-0.2, -0.15) is 15.1 Å². The van der Waals surface area contributed by atoms with Crippen LogP contribution in [0.5, 0.6) is 0 Å². The Kier molecular flexibility index (Phi) is 9.47. The van der Waals surface area contributed by atoms with E-state index in [9.17, 15) is 24.2 Å². The van der Waals surface area contributed by atoms with Crippen molar-refractivity contribution in [2.24, 2.45) is 0 Å². The van der Waals surface area contributed by atoms with Gasteiger partial charge in [0.05, 0.1) is 18.2 Å². The minimum absolute atomic E-state index is 0.0604. The summed E-state index contributed by atoms with van der Waals surface area (Å²) in [6.45, 7) is -0.416. The second-order valence-electron chi connectivity index (χ2n) is 7.57. The number of rotatable bonds is 12. The molecule has 1 aromatic carbocycles. The van der Waals surface area contributed by atoms with Gasteiger partial charge in [-0.15, -0.1) is 0 Å². The summed E-state index contributed by atoms with van der Waals surface area (Å²) >= 11 is 11.9. The van der Waals surface area contributed by atoms with Gasteiger partial charge in [0.1, 0.15) is 18.0 Å². The fraction of sp³-hybridized carbons (Fsp3) is 0.389. The highest BCUT2D eigenvalue weighted by atomic mass is 35.5. The Labute approximate surface area is 214 Å². The number of aromatic nitrogens is 4. The van der Waals surface area contributed by atoms with Crippen molar-refractivity contribution >= 4 is 55.2 Å². The molecule has 14 nitrogen and oxygen atoms in total. The van der Waals surface area contributed by atoms with Crippen LogP contribution in [0.2, 0.25) is 10.3 Å². The van der Waals surface area contributed by atoms with Gasteiger partial charge in [-0.25, -0.2) is 4.68 Å². The first-order valence-corrected chi connectivity index (χ1v) is 14.4. The van der Waals surface area contributed by atoms with Gasteiger partial charge in [-0.05, 0) is 29.3 Å². The van der Waals surface area contributed by atoms with Crippen molar-refractivity contribution < 1.29 is 43.3 Å². The van der Waals surface area contributed by atoms with Crippen LogP contribution in [0.4, 0.5) is 5.82 Å². The lowest BCUT2D eigenvalue weighted by Crippen LogP contribution is -2.39. The van der Waals surface area contributed by atoms with Crippen LogP contribution in [-0.2, 0) is 24.9 Å². The van der Waals surface area contributed by atoms with E-state index in [1.54, 1.807) is 12.1 Å². The van der Waals surface area contributed by atoms with E-state index in [1.165, 1.54) is 6.20 Å². The first-order chi connectivity index (χ1) is 16.8. The summed E-state index contributed by atoms with van der Waals surface area (Å²) in [5.74, 6) is -1.11. The van der Waals surface area contributed by atoms with Gasteiger partial charge >= 0.3 is 15.2 Å². The van der Waals surface area contributed by atoms with E-state index in [1.807, 2.05) is 12.1 Å². The van der Waals surface area contributed by atoms with E-state index in [0.29, 0.717) is 22.8 Å². The number of benzene rings is 1. The molecule has 0 spiro atoms. The van der Waals surface area contributed by atoms with Crippen LogP contribution in [0.15, 0.2) is 30.5 Å². The summed E-state index contributed by atoms with van der Waals surface area (Å²) in [6, 6.07) is 7.09. The number of aliphatic hydroxyl groups excluding tert-OH is 2. The first kappa shape index (κ1) is 28.9. The summed E-state index contributed by atoms with van der Waals surface area (Å²) in [4.78, 5) is 35.6. The lowest BCUT2D eigenvalue weighted by atomic mass is 10.2. The number of hydrogen-bond donors (Lipinski definition) is 6. The fourth-order valence-electron chi connectivity index (χ4n) is 3.12. The molecule has 0 saturated carbocycles. The normalized spacial score (nSPS) is 16.4. The highest BCUT2D eigenvalue weighted by Crippen LogP contribution is 2.55. The predicted octanol–water partition coefficient (Wildman–Crippen LogP) is 1.95. The molecule has 0 saturated heterocycles. The Morgan fingerprint density at radius 2 is 1.78 bits per heavy atom. The van der Waals surface area contributed by atoms with Gasteiger partial charge in [0, 0.05) is 18.7 Å². The highest BCUT2D eigenvalue weighted by molar-refractivity contribution is 7.70. The molecule has 0 aliphatic heterocycles. The second kappa shape index (κ2) is 11.8. The molecular formula is C18H23Cl2N5O9P2. The molecule has 198 valence electrons. The standard InChI is InChI=1S/C18H23Cl2N5O9P2/c1-33-13(8-34-36(31,32)9-35(28,29)30)14(26)17(27)25-16-12(7-22-25)15(23-18(20)24-16)21-6-10-2-4-11(19)5-3-10/h2-5,7,13-14,17,26-27H,6,8-9H2,1H3,(H,31,32)(H,21,23,24)(H2,28,29,30)/t13-,14-,17-/m1/s1. The van der Waals surface area contributed by atoms with Crippen molar-refractivity contribution in [1.29, 1.82) is 0 Å². The lowest BCUT2D eigenvalue weighted by molar-refractivity contribution is -0.117. The van der Waals surface area contributed by atoms with Gasteiger partial charge in [-0.3, -0.25) is 9.13 Å². The van der Waals surface area contributed by atoms with Gasteiger partial charge in [-0.1, -0.05) is 23.7 Å². The average molecular weight is 586 g/mol. The molecule has 0 aliphatic rings. The fourth-order valence-corrected chi connectivity index (χ4v) is 5.98. The van der Waals surface area contributed by atoms with Crippen LogP contribution in [0.3, 0.4) is 0 Å². The number of aliphatic hydroxyl groups is 2. The van der Waals surface area contributed by atoms with E-state index in [4.69, 9.17) is 37.7 Å². The van der Waals surface area contributed by atoms with Crippen LogP contribution >= 0.6 is 38.4 Å². The monoisotopic (exact) mass is 585 g/mol. The molecule has 0 fully saturated rings. The van der Waals surface area contributed by atoms with Crippen LogP contribution in [0.1, 0.15) is 11.8 Å². The van der Waals surface area contributed by atoms with Crippen molar-refractivity contribution in [2.45, 2.75) is 25.0 Å². The number of ether oxygens (including phenoxy) is 1. The van der Waals surface area contributed by atoms with E-state index >= 15 is 0 Å². The molecule has 3 aromatic rings. The van der Waals surface area contributed by atoms with Crippen molar-refractivity contribution in [2.75, 3.05) is 24.9 Å². The molecule has 6 N–H and O–H groups in total. The van der Waals surface area contributed by atoms with E-state index in [2.05, 4.69) is 24.9 Å². The van der Waals surface area contributed by atoms with Gasteiger partial charge in [0.25, 0.3) is 0 Å². The molecule has 18 heteroatoms. The quantitative estimate of drug-likeness (QED) is 0.133. The van der Waals surface area contributed by atoms with Crippen LogP contribution in [-0.4, -0.2) is 76.5 Å². The van der Waals surface area contributed by atoms with Crippen molar-refractivity contribution in [3.05, 3.63) is 46.3 Å². The lowest BCUT2D eigenvalue weighted by Gasteiger charge is -2.26. The summed E-state index contributed by atoms with van der Waals surface area (Å²) < 4.78 is 33.5. The number of hydrogen-bond acceptors (Lipinski definition) is 10. The van der Waals surface area contributed by atoms with Crippen molar-refractivity contribution in [3.63, 3.8) is 0 Å². The Balaban J connectivity index is 1.77. The average Bonchev–Trinajstić information content (AvgIpc) is 3.20. The molecule has 1 unspecified atom stereocenters. The molecule has 4 atom stereocenters. The molecule has 0 amide bonds. The van der Waals surface area contributed by atoms with Crippen LogP contribution in [0.25, 0.3) is 11.0 Å². The molecular weight excluding hydrogens is 563 g/mol. The number of methoxy groups -OCH3 is 1. The van der Waals surface area contributed by atoms with Crippen LogP contribution in [0, 0.1) is 0 Å². The maximum atomic E-state index is 11.9. The highest BCUT2D eigenvalue weighted by Gasteiger charge is 2.35. The minimum Gasteiger partial charge on any atom is -0.386 e. The van der Waals surface area contributed by atoms with Gasteiger partial charge in [0.2, 0.25) is 5.28 Å². The summed E-state index contributed by atoms with van der Waals surface area (Å²) in [6.07, 6.45) is -3.61. The Bertz CT molecular complexity index is 1290. The maximum Gasteiger partial charge on any atom is 0.340 e. The number of anilines is 1. The Morgan fingerprint density at radius 1 is 1.11 bits per heavy atom. The van der Waals surface area contributed by atoms with E-state index < -0.39 is 46.1 Å². The first-order valence-electron chi connectivity index (χ1n) is 10.1. The van der Waals surface area contributed by atoms with E-state index in [0.717, 1.165) is 17.4 Å². The Morgan fingerprint density at radius 3 is 2.39 bits per heavy atom. The zero-order valence-electron chi connectivity index (χ0n) is 18.5. The second-order valence-corrected chi connectivity index (χ2v) is 12.3. The molecule has 0 bridgehead atoms. The molecule has 0 aliphatic carbocycles. The third-order valence-electron chi connectivity index (χ3n) is 4.84. The molecule has 2 heterocycles. The number of fused-ring (bicyclic) bond motifs is 1. The van der Waals surface area contributed by atoms with Crippen LogP contribution < -0.4 is 5.32 Å². The molecule has 0 radical (unpaired) electrons. The molecule has 2 aromatic heterocycles. The smallest absolute Gasteiger partial charge is 0.340 e. The van der Waals surface area contributed by atoms with Crippen molar-refractivity contribution in [3.8, 4) is 0 Å². The van der Waals surface area contributed by atoms with Gasteiger partial charge < -0.3 is 39.5 Å². The largest absolute Gasteiger partial charge is 0.386 e. The molecule has 3 rings (SSSR count). The SMILES string of the molecule is CO[C@H](COP(=O)(O)CP(=O)(O)O)[C@@H](O)[C@@H](O)n1ncc2c(NCc3ccc(Cl)cc3)nc(Cl)nc21. The zero-order chi connectivity index (χ0) is 26.7. The summed E-state index contributed by atoms with van der Waals surface area (Å²) in [7, 11) is -8.42. The maximum absolute atomic E-state index is 11.9. The number of nitrogens with zero attached hydrogens (tertiary/aromatic N) is 4. The summed E-state index contributed by atoms with van der Waals surface area (Å²) in [5, 5.41) is 29.3.